The third-order valence-corrected chi connectivity index (χ3v) is 6.66. The van der Waals surface area contributed by atoms with Crippen LogP contribution in [0.4, 0.5) is 10.7 Å². The number of anilines is 2. The Morgan fingerprint density at radius 3 is 2.19 bits per heavy atom. The van der Waals surface area contributed by atoms with Crippen molar-refractivity contribution in [2.75, 3.05) is 17.7 Å². The number of hydrogen-bond donors (Lipinski definition) is 2. The second-order valence-electron chi connectivity index (χ2n) is 7.53. The van der Waals surface area contributed by atoms with Crippen molar-refractivity contribution in [3.8, 4) is 5.75 Å². The van der Waals surface area contributed by atoms with Crippen LogP contribution in [0.1, 0.15) is 38.0 Å². The normalized spacial score (nSPS) is 11.6. The van der Waals surface area contributed by atoms with Crippen molar-refractivity contribution < 1.29 is 9.53 Å². The molecule has 5 heteroatoms. The Bertz CT molecular complexity index is 1200. The fourth-order valence-corrected chi connectivity index (χ4v) is 4.83. The van der Waals surface area contributed by atoms with Crippen LogP contribution >= 0.6 is 11.3 Å². The summed E-state index contributed by atoms with van der Waals surface area (Å²) < 4.78 is 5.58. The highest BCUT2D eigenvalue weighted by atomic mass is 32.1. The predicted octanol–water partition coefficient (Wildman–Crippen LogP) is 6.83. The van der Waals surface area contributed by atoms with E-state index >= 15 is 0 Å². The first-order valence-electron chi connectivity index (χ1n) is 10.5. The smallest absolute Gasteiger partial charge is 0.256 e. The van der Waals surface area contributed by atoms with Gasteiger partial charge in [-0.1, -0.05) is 60.7 Å². The SMILES string of the molecule is COc1ccccc1NC(c1ccccc1)c1c(NC(=O)c2ccccc2)sc(C)c1C. The Kier molecular flexibility index (Phi) is 6.57. The molecule has 0 saturated heterocycles. The number of rotatable bonds is 7. The van der Waals surface area contributed by atoms with Crippen molar-refractivity contribution in [2.45, 2.75) is 19.9 Å². The van der Waals surface area contributed by atoms with Crippen molar-refractivity contribution in [2.24, 2.45) is 0 Å². The number of carbonyl (C=O) groups excluding carboxylic acids is 1. The van der Waals surface area contributed by atoms with Gasteiger partial charge in [-0.05, 0) is 49.2 Å². The summed E-state index contributed by atoms with van der Waals surface area (Å²) in [5.41, 5.74) is 4.86. The molecule has 0 spiro atoms. The Morgan fingerprint density at radius 1 is 0.875 bits per heavy atom. The maximum absolute atomic E-state index is 13.0. The average molecular weight is 443 g/mol. The molecule has 2 N–H and O–H groups in total. The van der Waals surface area contributed by atoms with E-state index < -0.39 is 0 Å². The third kappa shape index (κ3) is 4.53. The molecule has 0 bridgehead atoms. The topological polar surface area (TPSA) is 50.4 Å². The van der Waals surface area contributed by atoms with Gasteiger partial charge in [0.1, 0.15) is 10.8 Å². The molecule has 0 saturated carbocycles. The zero-order valence-corrected chi connectivity index (χ0v) is 19.2. The fourth-order valence-electron chi connectivity index (χ4n) is 3.74. The summed E-state index contributed by atoms with van der Waals surface area (Å²) in [6, 6.07) is 27.3. The lowest BCUT2D eigenvalue weighted by Crippen LogP contribution is -2.17. The van der Waals surface area contributed by atoms with Crippen molar-refractivity contribution >= 4 is 27.9 Å². The Balaban J connectivity index is 1.78. The monoisotopic (exact) mass is 442 g/mol. The second-order valence-corrected chi connectivity index (χ2v) is 8.76. The number of nitrogens with one attached hydrogen (secondary N) is 2. The summed E-state index contributed by atoms with van der Waals surface area (Å²) in [7, 11) is 1.67. The second kappa shape index (κ2) is 9.71. The number of para-hydroxylation sites is 2. The zero-order chi connectivity index (χ0) is 22.5. The number of amides is 1. The molecule has 0 radical (unpaired) electrons. The Morgan fingerprint density at radius 2 is 1.50 bits per heavy atom. The number of aryl methyl sites for hydroxylation is 1. The van der Waals surface area contributed by atoms with Crippen molar-refractivity contribution in [3.05, 3.63) is 112 Å². The van der Waals surface area contributed by atoms with Crippen LogP contribution < -0.4 is 15.4 Å². The van der Waals surface area contributed by atoms with Crippen LogP contribution in [0.15, 0.2) is 84.9 Å². The van der Waals surface area contributed by atoms with E-state index in [-0.39, 0.29) is 11.9 Å². The van der Waals surface area contributed by atoms with Gasteiger partial charge in [0.2, 0.25) is 0 Å². The standard InChI is InChI=1S/C27H26N2O2S/c1-18-19(2)32-27(29-26(30)21-14-8-5-9-15-21)24(18)25(20-12-6-4-7-13-20)28-22-16-10-11-17-23(22)31-3/h4-17,25,28H,1-3H3,(H,29,30). The molecule has 3 aromatic carbocycles. The summed E-state index contributed by atoms with van der Waals surface area (Å²) in [5, 5.41) is 7.68. The number of methoxy groups -OCH3 is 1. The van der Waals surface area contributed by atoms with Crippen molar-refractivity contribution in [3.63, 3.8) is 0 Å². The van der Waals surface area contributed by atoms with E-state index in [2.05, 4.69) is 36.6 Å². The minimum absolute atomic E-state index is 0.114. The first-order valence-corrected chi connectivity index (χ1v) is 11.3. The van der Waals surface area contributed by atoms with Crippen molar-refractivity contribution in [1.82, 2.24) is 0 Å². The molecular weight excluding hydrogens is 416 g/mol. The van der Waals surface area contributed by atoms with E-state index in [9.17, 15) is 4.79 Å². The molecular formula is C27H26N2O2S. The minimum Gasteiger partial charge on any atom is -0.495 e. The van der Waals surface area contributed by atoms with Crippen molar-refractivity contribution in [1.29, 1.82) is 0 Å². The van der Waals surface area contributed by atoms with Crippen LogP contribution in [0.2, 0.25) is 0 Å². The van der Waals surface area contributed by atoms with Gasteiger partial charge in [0, 0.05) is 16.0 Å². The van der Waals surface area contributed by atoms with Gasteiger partial charge < -0.3 is 15.4 Å². The summed E-state index contributed by atoms with van der Waals surface area (Å²) in [4.78, 5) is 14.1. The van der Waals surface area contributed by atoms with Crippen LogP contribution in [0.5, 0.6) is 5.75 Å². The Labute approximate surface area is 192 Å². The molecule has 162 valence electrons. The van der Waals surface area contributed by atoms with Gasteiger partial charge in [-0.15, -0.1) is 11.3 Å². The first kappa shape index (κ1) is 21.7. The highest BCUT2D eigenvalue weighted by molar-refractivity contribution is 7.16. The van der Waals surface area contributed by atoms with Gasteiger partial charge in [0.05, 0.1) is 18.8 Å². The van der Waals surface area contributed by atoms with Gasteiger partial charge in [-0.3, -0.25) is 4.79 Å². The first-order chi connectivity index (χ1) is 15.6. The molecule has 1 atom stereocenters. The molecule has 1 amide bonds. The maximum Gasteiger partial charge on any atom is 0.256 e. The van der Waals surface area contributed by atoms with Gasteiger partial charge in [-0.2, -0.15) is 0 Å². The maximum atomic E-state index is 13.0. The predicted molar refractivity (Wildman–Crippen MR) is 133 cm³/mol. The number of benzene rings is 3. The van der Waals surface area contributed by atoms with E-state index in [4.69, 9.17) is 4.74 Å². The molecule has 1 aromatic heterocycles. The quantitative estimate of drug-likeness (QED) is 0.330. The molecule has 0 aliphatic heterocycles. The van der Waals surface area contributed by atoms with Crippen LogP contribution in [-0.2, 0) is 0 Å². The molecule has 1 unspecified atom stereocenters. The van der Waals surface area contributed by atoms with E-state index in [1.54, 1.807) is 18.4 Å². The van der Waals surface area contributed by atoms with Gasteiger partial charge in [-0.25, -0.2) is 0 Å². The van der Waals surface area contributed by atoms with Crippen LogP contribution in [0.25, 0.3) is 0 Å². The number of thiophene rings is 1. The minimum atomic E-state index is -0.163. The summed E-state index contributed by atoms with van der Waals surface area (Å²) in [6.45, 7) is 4.20. The fraction of sp³-hybridized carbons (Fsp3) is 0.148. The molecule has 4 aromatic rings. The summed E-state index contributed by atoms with van der Waals surface area (Å²) in [6.07, 6.45) is 0. The van der Waals surface area contributed by atoms with E-state index in [0.717, 1.165) is 33.1 Å². The molecule has 4 rings (SSSR count). The average Bonchev–Trinajstić information content (AvgIpc) is 3.11. The molecule has 32 heavy (non-hydrogen) atoms. The van der Waals surface area contributed by atoms with Gasteiger partial charge in [0.15, 0.2) is 0 Å². The highest BCUT2D eigenvalue weighted by Gasteiger charge is 2.25. The van der Waals surface area contributed by atoms with Crippen LogP contribution in [0, 0.1) is 13.8 Å². The molecule has 1 heterocycles. The van der Waals surface area contributed by atoms with Crippen LogP contribution in [0.3, 0.4) is 0 Å². The zero-order valence-electron chi connectivity index (χ0n) is 18.4. The highest BCUT2D eigenvalue weighted by Crippen LogP contribution is 2.42. The molecule has 0 aliphatic rings. The number of carbonyl (C=O) groups is 1. The molecule has 4 nitrogen and oxygen atoms in total. The summed E-state index contributed by atoms with van der Waals surface area (Å²) in [5.74, 6) is 0.658. The van der Waals surface area contributed by atoms with Gasteiger partial charge in [0.25, 0.3) is 5.91 Å². The lowest BCUT2D eigenvalue weighted by atomic mass is 9.96. The third-order valence-electron chi connectivity index (χ3n) is 5.52. The Hall–Kier alpha value is -3.57. The molecule has 0 fully saturated rings. The van der Waals surface area contributed by atoms with E-state index in [0.29, 0.717) is 5.56 Å². The lowest BCUT2D eigenvalue weighted by Gasteiger charge is -2.24. The van der Waals surface area contributed by atoms with Crippen LogP contribution in [-0.4, -0.2) is 13.0 Å². The number of ether oxygens (including phenoxy) is 1. The van der Waals surface area contributed by atoms with Gasteiger partial charge >= 0.3 is 0 Å². The molecule has 0 aliphatic carbocycles. The lowest BCUT2D eigenvalue weighted by molar-refractivity contribution is 0.102. The number of hydrogen-bond acceptors (Lipinski definition) is 4. The summed E-state index contributed by atoms with van der Waals surface area (Å²) >= 11 is 1.60. The largest absolute Gasteiger partial charge is 0.495 e. The van der Waals surface area contributed by atoms with E-state index in [1.165, 1.54) is 4.88 Å². The van der Waals surface area contributed by atoms with E-state index in [1.807, 2.05) is 72.8 Å².